The Labute approximate surface area is 193 Å². The predicted octanol–water partition coefficient (Wildman–Crippen LogP) is 3.69. The first-order valence-corrected chi connectivity index (χ1v) is 12.5. The third-order valence-electron chi connectivity index (χ3n) is 8.13. The minimum absolute atomic E-state index is 0.0583. The number of pyridine rings is 1. The van der Waals surface area contributed by atoms with Crippen LogP contribution >= 0.6 is 0 Å². The summed E-state index contributed by atoms with van der Waals surface area (Å²) in [5.74, 6) is 1.38. The third-order valence-corrected chi connectivity index (χ3v) is 8.13. The Morgan fingerprint density at radius 2 is 1.58 bits per heavy atom. The highest BCUT2D eigenvalue weighted by atomic mass is 19.1. The van der Waals surface area contributed by atoms with Crippen molar-refractivity contribution in [1.82, 2.24) is 14.8 Å². The van der Waals surface area contributed by atoms with Gasteiger partial charge >= 0.3 is 0 Å². The van der Waals surface area contributed by atoms with E-state index >= 15 is 0 Å². The van der Waals surface area contributed by atoms with Gasteiger partial charge in [-0.25, -0.2) is 4.39 Å². The number of anilines is 1. The molecule has 0 radical (unpaired) electrons. The van der Waals surface area contributed by atoms with Crippen LogP contribution in [0.5, 0.6) is 0 Å². The van der Waals surface area contributed by atoms with Crippen LogP contribution in [0.3, 0.4) is 0 Å². The molecular weight excluding hydrogens is 419 g/mol. The summed E-state index contributed by atoms with van der Waals surface area (Å²) in [4.78, 5) is 36.7. The summed E-state index contributed by atoms with van der Waals surface area (Å²) in [6.45, 7) is 4.07. The van der Waals surface area contributed by atoms with Gasteiger partial charge in [0.15, 0.2) is 0 Å². The molecule has 2 unspecified atom stereocenters. The molecule has 7 heteroatoms. The molecule has 0 N–H and O–H groups in total. The minimum atomic E-state index is -0.307. The quantitative estimate of drug-likeness (QED) is 0.716. The molecule has 1 aromatic heterocycles. The van der Waals surface area contributed by atoms with Crippen molar-refractivity contribution in [1.29, 1.82) is 0 Å². The van der Waals surface area contributed by atoms with Crippen molar-refractivity contribution < 1.29 is 14.0 Å². The van der Waals surface area contributed by atoms with Crippen LogP contribution in [0, 0.1) is 23.6 Å². The number of fused-ring (bicyclic) bond motifs is 2. The number of amides is 2. The molecule has 4 aliphatic rings. The van der Waals surface area contributed by atoms with Crippen molar-refractivity contribution in [2.45, 2.75) is 38.5 Å². The zero-order valence-electron chi connectivity index (χ0n) is 19.0. The van der Waals surface area contributed by atoms with E-state index in [0.29, 0.717) is 43.6 Å². The van der Waals surface area contributed by atoms with Crippen LogP contribution in [0.1, 0.15) is 48.9 Å². The summed E-state index contributed by atoms with van der Waals surface area (Å²) in [7, 11) is 0. The van der Waals surface area contributed by atoms with Gasteiger partial charge in [0.05, 0.1) is 16.8 Å². The first-order chi connectivity index (χ1) is 16.1. The van der Waals surface area contributed by atoms with E-state index in [-0.39, 0.29) is 23.5 Å². The van der Waals surface area contributed by atoms with E-state index in [9.17, 15) is 14.0 Å². The maximum atomic E-state index is 14.3. The lowest BCUT2D eigenvalue weighted by Gasteiger charge is -2.35. The van der Waals surface area contributed by atoms with Gasteiger partial charge in [-0.15, -0.1) is 0 Å². The fourth-order valence-corrected chi connectivity index (χ4v) is 6.13. The second-order valence-corrected chi connectivity index (χ2v) is 10.3. The summed E-state index contributed by atoms with van der Waals surface area (Å²) in [6.07, 6.45) is 8.70. The van der Waals surface area contributed by atoms with E-state index in [1.165, 1.54) is 37.8 Å². The molecule has 174 valence electrons. The van der Waals surface area contributed by atoms with Crippen molar-refractivity contribution in [3.8, 4) is 0 Å². The molecule has 3 heterocycles. The molecule has 2 aliphatic heterocycles. The second-order valence-electron chi connectivity index (χ2n) is 10.3. The predicted molar refractivity (Wildman–Crippen MR) is 125 cm³/mol. The van der Waals surface area contributed by atoms with Crippen LogP contribution in [-0.4, -0.2) is 65.9 Å². The van der Waals surface area contributed by atoms with Gasteiger partial charge in [-0.05, 0) is 55.7 Å². The molecule has 2 amide bonds. The molecule has 2 aromatic rings. The molecule has 33 heavy (non-hydrogen) atoms. The standard InChI is InChI=1S/C26H31FN4O2/c27-20-7-8-23-21(13-20)24(31-15-18-3-1-2-4-19(18)16-31)22(14-28-23)26(33)30-11-9-29(10-12-30)25(32)17-5-6-17/h7-8,13-14,17-19H,1-6,9-12,15-16H2. The molecule has 2 atom stereocenters. The van der Waals surface area contributed by atoms with Crippen LogP contribution in [-0.2, 0) is 4.79 Å². The molecule has 0 bridgehead atoms. The Morgan fingerprint density at radius 1 is 0.909 bits per heavy atom. The molecule has 4 fully saturated rings. The molecule has 6 nitrogen and oxygen atoms in total. The average Bonchev–Trinajstić information content (AvgIpc) is 3.61. The van der Waals surface area contributed by atoms with E-state index in [0.717, 1.165) is 42.5 Å². The molecule has 1 aromatic carbocycles. The van der Waals surface area contributed by atoms with Gasteiger partial charge in [-0.3, -0.25) is 14.6 Å². The van der Waals surface area contributed by atoms with Crippen molar-refractivity contribution >= 4 is 28.4 Å². The number of nitrogens with zero attached hydrogens (tertiary/aromatic N) is 4. The van der Waals surface area contributed by atoms with E-state index in [4.69, 9.17) is 0 Å². The fourth-order valence-electron chi connectivity index (χ4n) is 6.13. The Balaban J connectivity index is 1.31. The van der Waals surface area contributed by atoms with Crippen molar-refractivity contribution in [2.75, 3.05) is 44.2 Å². The number of hydrogen-bond acceptors (Lipinski definition) is 4. The second kappa shape index (κ2) is 8.26. The molecule has 2 saturated heterocycles. The topological polar surface area (TPSA) is 56.8 Å². The Kier molecular flexibility index (Phi) is 5.23. The lowest BCUT2D eigenvalue weighted by molar-refractivity contribution is -0.134. The highest BCUT2D eigenvalue weighted by molar-refractivity contribution is 6.07. The van der Waals surface area contributed by atoms with Crippen LogP contribution in [0.15, 0.2) is 24.4 Å². The lowest BCUT2D eigenvalue weighted by atomic mass is 9.82. The van der Waals surface area contributed by atoms with Gasteiger partial charge in [0, 0.05) is 56.8 Å². The minimum Gasteiger partial charge on any atom is -0.370 e. The summed E-state index contributed by atoms with van der Waals surface area (Å²) < 4.78 is 14.3. The number of aromatic nitrogens is 1. The highest BCUT2D eigenvalue weighted by Crippen LogP contribution is 2.41. The largest absolute Gasteiger partial charge is 0.370 e. The van der Waals surface area contributed by atoms with Gasteiger partial charge in [-0.2, -0.15) is 0 Å². The van der Waals surface area contributed by atoms with Crippen LogP contribution in [0.25, 0.3) is 10.9 Å². The smallest absolute Gasteiger partial charge is 0.257 e. The summed E-state index contributed by atoms with van der Waals surface area (Å²) in [5.41, 5.74) is 2.13. The van der Waals surface area contributed by atoms with Gasteiger partial charge in [-0.1, -0.05) is 12.8 Å². The average molecular weight is 451 g/mol. The van der Waals surface area contributed by atoms with Crippen LogP contribution < -0.4 is 4.90 Å². The first-order valence-electron chi connectivity index (χ1n) is 12.5. The maximum Gasteiger partial charge on any atom is 0.257 e. The SMILES string of the molecule is O=C(c1cnc2ccc(F)cc2c1N1CC2CCCCC2C1)N1CCN(C(=O)C2CC2)CC1. The summed E-state index contributed by atoms with van der Waals surface area (Å²) in [6, 6.07) is 4.66. The fraction of sp³-hybridized carbons (Fsp3) is 0.577. The monoisotopic (exact) mass is 450 g/mol. The van der Waals surface area contributed by atoms with Gasteiger partial charge in [0.25, 0.3) is 5.91 Å². The third kappa shape index (κ3) is 3.85. The van der Waals surface area contributed by atoms with Gasteiger partial charge in [0.1, 0.15) is 5.82 Å². The van der Waals surface area contributed by atoms with Crippen molar-refractivity contribution in [2.24, 2.45) is 17.8 Å². The zero-order chi connectivity index (χ0) is 22.5. The van der Waals surface area contributed by atoms with Crippen molar-refractivity contribution in [3.05, 3.63) is 35.8 Å². The maximum absolute atomic E-state index is 14.3. The normalized spacial score (nSPS) is 25.4. The lowest BCUT2D eigenvalue weighted by Crippen LogP contribution is -2.51. The number of carbonyl (C=O) groups is 2. The number of benzene rings is 1. The number of piperazine rings is 1. The Morgan fingerprint density at radius 3 is 2.24 bits per heavy atom. The molecule has 0 spiro atoms. The summed E-state index contributed by atoms with van der Waals surface area (Å²) >= 11 is 0. The van der Waals surface area contributed by atoms with Gasteiger partial charge in [0.2, 0.25) is 5.91 Å². The Bertz CT molecular complexity index is 1080. The Hall–Kier alpha value is -2.70. The summed E-state index contributed by atoms with van der Waals surface area (Å²) in [5, 5.41) is 0.724. The van der Waals surface area contributed by atoms with Crippen LogP contribution in [0.2, 0.25) is 0 Å². The highest BCUT2D eigenvalue weighted by Gasteiger charge is 2.38. The van der Waals surface area contributed by atoms with E-state index < -0.39 is 0 Å². The number of rotatable bonds is 3. The molecule has 6 rings (SSSR count). The number of hydrogen-bond donors (Lipinski definition) is 0. The first kappa shape index (κ1) is 20.9. The van der Waals surface area contributed by atoms with E-state index in [1.807, 2.05) is 9.80 Å². The molecular formula is C26H31FN4O2. The van der Waals surface area contributed by atoms with Crippen molar-refractivity contribution in [3.63, 3.8) is 0 Å². The molecule has 2 saturated carbocycles. The van der Waals surface area contributed by atoms with E-state index in [1.54, 1.807) is 12.3 Å². The number of halogens is 1. The number of carbonyl (C=O) groups excluding carboxylic acids is 2. The van der Waals surface area contributed by atoms with Crippen LogP contribution in [0.4, 0.5) is 10.1 Å². The van der Waals surface area contributed by atoms with Gasteiger partial charge < -0.3 is 14.7 Å². The molecule has 2 aliphatic carbocycles. The zero-order valence-corrected chi connectivity index (χ0v) is 19.0. The van der Waals surface area contributed by atoms with E-state index in [2.05, 4.69) is 9.88 Å².